The Labute approximate surface area is 162 Å². The quantitative estimate of drug-likeness (QED) is 0.390. The molecule has 0 aliphatic carbocycles. The second-order valence-corrected chi connectivity index (χ2v) is 7.71. The zero-order valence-electron chi connectivity index (χ0n) is 14.8. The van der Waals surface area contributed by atoms with Crippen LogP contribution in [0.2, 0.25) is 0 Å². The third-order valence-electron chi connectivity index (χ3n) is 3.87. The maximum absolute atomic E-state index is 12.8. The summed E-state index contributed by atoms with van der Waals surface area (Å²) in [5.74, 6) is -0.0327. The molecule has 26 heavy (non-hydrogen) atoms. The Hall–Kier alpha value is -2.24. The fraction of sp³-hybridized carbons (Fsp3) is 0.143. The van der Waals surface area contributed by atoms with Crippen LogP contribution in [0.4, 0.5) is 5.69 Å². The van der Waals surface area contributed by atoms with E-state index in [9.17, 15) is 4.79 Å². The number of carbonyl (C=O) groups is 1. The first-order valence-corrected chi connectivity index (χ1v) is 10.3. The summed E-state index contributed by atoms with van der Waals surface area (Å²) in [5, 5.41) is 0.686. The number of rotatable bonds is 5. The lowest BCUT2D eigenvalue weighted by Gasteiger charge is -2.12. The molecule has 5 heteroatoms. The predicted molar refractivity (Wildman–Crippen MR) is 114 cm³/mol. The number of benzene rings is 2. The number of aliphatic imine (C=N–C) groups is 1. The molecule has 1 aliphatic rings. The molecule has 1 aliphatic heterocycles. The van der Waals surface area contributed by atoms with Crippen molar-refractivity contribution >= 4 is 46.4 Å². The first-order valence-electron chi connectivity index (χ1n) is 8.22. The third kappa shape index (κ3) is 4.29. The van der Waals surface area contributed by atoms with Gasteiger partial charge in [-0.05, 0) is 60.8 Å². The van der Waals surface area contributed by atoms with Gasteiger partial charge in [0.2, 0.25) is 0 Å². The number of amides is 1. The van der Waals surface area contributed by atoms with E-state index in [4.69, 9.17) is 0 Å². The Morgan fingerprint density at radius 1 is 1.15 bits per heavy atom. The summed E-state index contributed by atoms with van der Waals surface area (Å²) < 4.78 is 0. The first-order chi connectivity index (χ1) is 12.6. The molecule has 1 amide bonds. The second-order valence-electron chi connectivity index (χ2n) is 5.82. The fourth-order valence-electron chi connectivity index (χ4n) is 2.46. The second kappa shape index (κ2) is 8.43. The SMILES string of the molecule is C=CCN1C(=O)/C(=C/c2ccc(SC)cc2)SC1=Nc1ccc(C)cc1. The summed E-state index contributed by atoms with van der Waals surface area (Å²) in [6.45, 7) is 6.24. The van der Waals surface area contributed by atoms with Crippen molar-refractivity contribution in [1.29, 1.82) is 0 Å². The highest BCUT2D eigenvalue weighted by atomic mass is 32.2. The van der Waals surface area contributed by atoms with Gasteiger partial charge in [0.15, 0.2) is 5.17 Å². The van der Waals surface area contributed by atoms with Crippen molar-refractivity contribution in [3.05, 3.63) is 77.2 Å². The van der Waals surface area contributed by atoms with Crippen LogP contribution in [0.25, 0.3) is 6.08 Å². The zero-order chi connectivity index (χ0) is 18.5. The molecule has 0 bridgehead atoms. The van der Waals surface area contributed by atoms with Crippen LogP contribution in [0, 0.1) is 6.92 Å². The Kier molecular flexibility index (Phi) is 6.01. The summed E-state index contributed by atoms with van der Waals surface area (Å²) in [4.78, 5) is 21.0. The first kappa shape index (κ1) is 18.5. The van der Waals surface area contributed by atoms with Crippen LogP contribution in [0.3, 0.4) is 0 Å². The van der Waals surface area contributed by atoms with Crippen LogP contribution >= 0.6 is 23.5 Å². The van der Waals surface area contributed by atoms with Crippen molar-refractivity contribution in [2.24, 2.45) is 4.99 Å². The molecule has 0 unspecified atom stereocenters. The normalized spacial score (nSPS) is 17.3. The van der Waals surface area contributed by atoms with Gasteiger partial charge in [-0.3, -0.25) is 9.69 Å². The van der Waals surface area contributed by atoms with Gasteiger partial charge in [0.1, 0.15) is 0 Å². The summed E-state index contributed by atoms with van der Waals surface area (Å²) in [5.41, 5.74) is 3.03. The Morgan fingerprint density at radius 2 is 1.85 bits per heavy atom. The van der Waals surface area contributed by atoms with Crippen molar-refractivity contribution < 1.29 is 4.79 Å². The van der Waals surface area contributed by atoms with Crippen LogP contribution in [0.1, 0.15) is 11.1 Å². The van der Waals surface area contributed by atoms with Crippen LogP contribution in [-0.2, 0) is 4.79 Å². The van der Waals surface area contributed by atoms with Gasteiger partial charge in [0.25, 0.3) is 5.91 Å². The average molecular weight is 381 g/mol. The third-order valence-corrected chi connectivity index (χ3v) is 5.62. The Balaban J connectivity index is 1.91. The van der Waals surface area contributed by atoms with Gasteiger partial charge in [-0.1, -0.05) is 35.9 Å². The Bertz CT molecular complexity index is 868. The maximum atomic E-state index is 12.8. The summed E-state index contributed by atoms with van der Waals surface area (Å²) in [7, 11) is 0. The fourth-order valence-corrected chi connectivity index (χ4v) is 3.88. The predicted octanol–water partition coefficient (Wildman–Crippen LogP) is 5.51. The molecule has 0 atom stereocenters. The number of hydrogen-bond acceptors (Lipinski definition) is 4. The number of aryl methyl sites for hydroxylation is 1. The molecule has 0 radical (unpaired) electrons. The number of carbonyl (C=O) groups excluding carboxylic acids is 1. The highest BCUT2D eigenvalue weighted by molar-refractivity contribution is 8.18. The topological polar surface area (TPSA) is 32.7 Å². The molecule has 0 N–H and O–H groups in total. The van der Waals surface area contributed by atoms with E-state index in [1.807, 2.05) is 55.7 Å². The molecule has 2 aromatic rings. The van der Waals surface area contributed by atoms with Crippen molar-refractivity contribution in [3.63, 3.8) is 0 Å². The number of nitrogens with zero attached hydrogens (tertiary/aromatic N) is 2. The van der Waals surface area contributed by atoms with Crippen LogP contribution in [-0.4, -0.2) is 28.8 Å². The van der Waals surface area contributed by atoms with E-state index in [-0.39, 0.29) is 5.91 Å². The molecule has 0 spiro atoms. The lowest BCUT2D eigenvalue weighted by molar-refractivity contribution is -0.121. The van der Waals surface area contributed by atoms with Crippen LogP contribution in [0.15, 0.2) is 76.0 Å². The van der Waals surface area contributed by atoms with Crippen LogP contribution in [0.5, 0.6) is 0 Å². The minimum atomic E-state index is -0.0327. The summed E-state index contributed by atoms with van der Waals surface area (Å²) in [6, 6.07) is 16.1. The molecule has 0 saturated carbocycles. The van der Waals surface area contributed by atoms with Crippen molar-refractivity contribution in [3.8, 4) is 0 Å². The molecular formula is C21H20N2OS2. The minimum absolute atomic E-state index is 0.0327. The standard InChI is InChI=1S/C21H20N2OS2/c1-4-13-23-20(24)19(14-16-7-11-18(25-3)12-8-16)26-21(23)22-17-9-5-15(2)6-10-17/h4-12,14H,1,13H2,2-3H3/b19-14-,22-21?. The van der Waals surface area contributed by atoms with E-state index < -0.39 is 0 Å². The number of amidine groups is 1. The summed E-state index contributed by atoms with van der Waals surface area (Å²) >= 11 is 3.10. The number of hydrogen-bond donors (Lipinski definition) is 0. The highest BCUT2D eigenvalue weighted by Crippen LogP contribution is 2.34. The Morgan fingerprint density at radius 3 is 2.46 bits per heavy atom. The molecule has 132 valence electrons. The van der Waals surface area contributed by atoms with E-state index in [1.54, 1.807) is 22.7 Å². The van der Waals surface area contributed by atoms with Crippen LogP contribution < -0.4 is 0 Å². The molecule has 1 fully saturated rings. The molecule has 2 aromatic carbocycles. The molecule has 1 saturated heterocycles. The van der Waals surface area contributed by atoms with Gasteiger partial charge in [-0.15, -0.1) is 18.3 Å². The van der Waals surface area contributed by atoms with Gasteiger partial charge < -0.3 is 0 Å². The molecule has 3 rings (SSSR count). The van der Waals surface area contributed by atoms with Gasteiger partial charge in [-0.2, -0.15) is 0 Å². The summed E-state index contributed by atoms with van der Waals surface area (Å²) in [6.07, 6.45) is 5.69. The van der Waals surface area contributed by atoms with E-state index in [1.165, 1.54) is 22.2 Å². The minimum Gasteiger partial charge on any atom is -0.283 e. The van der Waals surface area contributed by atoms with Crippen molar-refractivity contribution in [2.45, 2.75) is 11.8 Å². The largest absolute Gasteiger partial charge is 0.283 e. The highest BCUT2D eigenvalue weighted by Gasteiger charge is 2.32. The monoisotopic (exact) mass is 380 g/mol. The lowest BCUT2D eigenvalue weighted by atomic mass is 10.2. The van der Waals surface area contributed by atoms with E-state index >= 15 is 0 Å². The van der Waals surface area contributed by atoms with Crippen molar-refractivity contribution in [1.82, 2.24) is 4.90 Å². The average Bonchev–Trinajstić information content (AvgIpc) is 2.93. The molecule has 0 aromatic heterocycles. The van der Waals surface area contributed by atoms with E-state index in [0.717, 1.165) is 11.3 Å². The maximum Gasteiger partial charge on any atom is 0.267 e. The molecular weight excluding hydrogens is 360 g/mol. The number of thioether (sulfide) groups is 2. The smallest absolute Gasteiger partial charge is 0.267 e. The van der Waals surface area contributed by atoms with Gasteiger partial charge in [0.05, 0.1) is 10.6 Å². The molecule has 1 heterocycles. The van der Waals surface area contributed by atoms with Gasteiger partial charge >= 0.3 is 0 Å². The zero-order valence-corrected chi connectivity index (χ0v) is 16.4. The van der Waals surface area contributed by atoms with Crippen molar-refractivity contribution in [2.75, 3.05) is 12.8 Å². The van der Waals surface area contributed by atoms with Gasteiger partial charge in [-0.25, -0.2) is 4.99 Å². The van der Waals surface area contributed by atoms with Gasteiger partial charge in [0, 0.05) is 11.4 Å². The lowest BCUT2D eigenvalue weighted by Crippen LogP contribution is -2.29. The molecule has 3 nitrogen and oxygen atoms in total. The van der Waals surface area contributed by atoms with E-state index in [0.29, 0.717) is 16.6 Å². The van der Waals surface area contributed by atoms with E-state index in [2.05, 4.69) is 23.7 Å².